The van der Waals surface area contributed by atoms with Crippen molar-refractivity contribution in [2.24, 2.45) is 16.8 Å². The summed E-state index contributed by atoms with van der Waals surface area (Å²) in [6.45, 7) is 3.04. The van der Waals surface area contributed by atoms with E-state index in [-0.39, 0.29) is 6.04 Å². The Balaban J connectivity index is 1.77. The fourth-order valence-corrected chi connectivity index (χ4v) is 4.40. The zero-order valence-corrected chi connectivity index (χ0v) is 12.1. The minimum atomic E-state index is -3.35. The maximum atomic E-state index is 12.4. The van der Waals surface area contributed by atoms with Crippen LogP contribution in [0.2, 0.25) is 0 Å². The van der Waals surface area contributed by atoms with Crippen molar-refractivity contribution in [3.63, 3.8) is 0 Å². The van der Waals surface area contributed by atoms with Gasteiger partial charge in [-0.15, -0.1) is 0 Å². The number of fused-ring (bicyclic) bond motifs is 1. The fraction of sp³-hybridized carbons (Fsp3) is 0.462. The van der Waals surface area contributed by atoms with E-state index >= 15 is 0 Å². The van der Waals surface area contributed by atoms with Gasteiger partial charge in [0.15, 0.2) is 0 Å². The third-order valence-electron chi connectivity index (χ3n) is 3.98. The summed E-state index contributed by atoms with van der Waals surface area (Å²) < 4.78 is 26.4. The lowest BCUT2D eigenvalue weighted by Gasteiger charge is -2.18. The first-order valence-corrected chi connectivity index (χ1v) is 8.02. The Labute approximate surface area is 118 Å². The molecule has 1 saturated heterocycles. The van der Waals surface area contributed by atoms with Crippen molar-refractivity contribution in [2.45, 2.75) is 17.9 Å². The second kappa shape index (κ2) is 4.49. The van der Waals surface area contributed by atoms with Gasteiger partial charge in [-0.2, -0.15) is 4.31 Å². The molecule has 0 bridgehead atoms. The molecule has 0 spiro atoms. The molecule has 2 aliphatic rings. The molecule has 6 heteroatoms. The lowest BCUT2D eigenvalue weighted by atomic mass is 10.2. The molecule has 2 unspecified atom stereocenters. The van der Waals surface area contributed by atoms with E-state index < -0.39 is 10.0 Å². The average molecular weight is 294 g/mol. The average Bonchev–Trinajstić information content (AvgIpc) is 2.85. The summed E-state index contributed by atoms with van der Waals surface area (Å²) in [5, 5.41) is 2.39. The number of isothiocyanates is 1. The Morgan fingerprint density at radius 1 is 1.26 bits per heavy atom. The van der Waals surface area contributed by atoms with Crippen LogP contribution in [0, 0.1) is 18.8 Å². The lowest BCUT2D eigenvalue weighted by molar-refractivity contribution is 0.433. The van der Waals surface area contributed by atoms with E-state index in [0.717, 1.165) is 5.56 Å². The normalized spacial score (nSPS) is 29.6. The van der Waals surface area contributed by atoms with Crippen molar-refractivity contribution in [3.05, 3.63) is 29.8 Å². The smallest absolute Gasteiger partial charge is 0.228 e. The van der Waals surface area contributed by atoms with Crippen LogP contribution in [0.4, 0.5) is 0 Å². The molecule has 0 amide bonds. The van der Waals surface area contributed by atoms with E-state index in [4.69, 9.17) is 0 Å². The molecular formula is C13H14N2O2S2. The quantitative estimate of drug-likeness (QED) is 0.630. The van der Waals surface area contributed by atoms with Crippen molar-refractivity contribution in [3.8, 4) is 0 Å². The Kier molecular flexibility index (Phi) is 3.06. The summed E-state index contributed by atoms with van der Waals surface area (Å²) in [6.07, 6.45) is 0. The Hall–Kier alpha value is -1.07. The van der Waals surface area contributed by atoms with Gasteiger partial charge in [0.2, 0.25) is 10.0 Å². The van der Waals surface area contributed by atoms with Crippen LogP contribution in [0.3, 0.4) is 0 Å². The van der Waals surface area contributed by atoms with Crippen LogP contribution >= 0.6 is 12.2 Å². The molecule has 2 fully saturated rings. The van der Waals surface area contributed by atoms with Crippen molar-refractivity contribution < 1.29 is 8.42 Å². The molecule has 1 aliphatic carbocycles. The summed E-state index contributed by atoms with van der Waals surface area (Å²) in [5.74, 6) is 0.659. The SMILES string of the molecule is Cc1ccc(S(=O)(=O)N2CC3C(C2)C3N=C=S)cc1. The van der Waals surface area contributed by atoms with E-state index in [1.807, 2.05) is 19.1 Å². The number of thiocarbonyl (C=S) groups is 1. The van der Waals surface area contributed by atoms with Gasteiger partial charge in [0.25, 0.3) is 0 Å². The zero-order valence-electron chi connectivity index (χ0n) is 10.5. The van der Waals surface area contributed by atoms with Gasteiger partial charge in [0.05, 0.1) is 16.1 Å². The minimum absolute atomic E-state index is 0.196. The topological polar surface area (TPSA) is 49.7 Å². The maximum Gasteiger partial charge on any atom is 0.243 e. The standard InChI is InChI=1S/C13H14N2O2S2/c1-9-2-4-10(5-3-9)19(16,17)15-6-11-12(7-15)13(11)14-8-18/h2-5,11-13H,6-7H2,1H3. The molecule has 1 aromatic carbocycles. The predicted molar refractivity (Wildman–Crippen MR) is 75.7 cm³/mol. The van der Waals surface area contributed by atoms with Gasteiger partial charge in [-0.3, -0.25) is 0 Å². The van der Waals surface area contributed by atoms with E-state index in [1.165, 1.54) is 0 Å². The van der Waals surface area contributed by atoms with Crippen molar-refractivity contribution >= 4 is 27.4 Å². The summed E-state index contributed by atoms with van der Waals surface area (Å²) in [5.41, 5.74) is 1.05. The van der Waals surface area contributed by atoms with Crippen molar-refractivity contribution in [1.82, 2.24) is 4.31 Å². The third-order valence-corrected chi connectivity index (χ3v) is 5.93. The largest absolute Gasteiger partial charge is 0.243 e. The summed E-state index contributed by atoms with van der Waals surface area (Å²) in [7, 11) is -3.35. The van der Waals surface area contributed by atoms with Gasteiger partial charge in [0, 0.05) is 24.9 Å². The molecule has 4 nitrogen and oxygen atoms in total. The molecule has 1 heterocycles. The highest BCUT2D eigenvalue weighted by molar-refractivity contribution is 7.89. The van der Waals surface area contributed by atoms with Gasteiger partial charge in [-0.25, -0.2) is 13.4 Å². The molecule has 0 aromatic heterocycles. The highest BCUT2D eigenvalue weighted by atomic mass is 32.2. The second-order valence-corrected chi connectivity index (χ2v) is 7.29. The van der Waals surface area contributed by atoms with Gasteiger partial charge >= 0.3 is 0 Å². The first-order chi connectivity index (χ1) is 9.04. The molecule has 2 atom stereocenters. The lowest BCUT2D eigenvalue weighted by Crippen LogP contribution is -2.32. The Bertz CT molecular complexity index is 636. The summed E-state index contributed by atoms with van der Waals surface area (Å²) in [6, 6.07) is 7.18. The van der Waals surface area contributed by atoms with E-state index in [0.29, 0.717) is 29.8 Å². The van der Waals surface area contributed by atoms with Crippen LogP contribution in [0.25, 0.3) is 0 Å². The number of nitrogens with zero attached hydrogens (tertiary/aromatic N) is 2. The first kappa shape index (κ1) is 12.9. The number of benzene rings is 1. The van der Waals surface area contributed by atoms with Crippen LogP contribution in [-0.4, -0.2) is 37.0 Å². The van der Waals surface area contributed by atoms with E-state index in [1.54, 1.807) is 16.4 Å². The van der Waals surface area contributed by atoms with E-state index in [2.05, 4.69) is 22.4 Å². The number of hydrogen-bond donors (Lipinski definition) is 0. The van der Waals surface area contributed by atoms with Gasteiger partial charge in [-0.05, 0) is 31.3 Å². The highest BCUT2D eigenvalue weighted by Gasteiger charge is 2.58. The zero-order chi connectivity index (χ0) is 13.6. The number of hydrogen-bond acceptors (Lipinski definition) is 4. The molecule has 1 aliphatic heterocycles. The van der Waals surface area contributed by atoms with Crippen LogP contribution in [0.5, 0.6) is 0 Å². The predicted octanol–water partition coefficient (Wildman–Crippen LogP) is 1.72. The summed E-state index contributed by atoms with van der Waals surface area (Å²) >= 11 is 4.59. The minimum Gasteiger partial charge on any atom is -0.228 e. The number of rotatable bonds is 3. The number of sulfonamides is 1. The van der Waals surface area contributed by atoms with Crippen LogP contribution in [0.15, 0.2) is 34.2 Å². The van der Waals surface area contributed by atoms with Crippen LogP contribution < -0.4 is 0 Å². The van der Waals surface area contributed by atoms with Gasteiger partial charge in [-0.1, -0.05) is 17.7 Å². The number of piperidine rings is 1. The molecule has 0 N–H and O–H groups in total. The van der Waals surface area contributed by atoms with Gasteiger partial charge < -0.3 is 0 Å². The molecule has 1 saturated carbocycles. The summed E-state index contributed by atoms with van der Waals surface area (Å²) in [4.78, 5) is 4.43. The van der Waals surface area contributed by atoms with Crippen LogP contribution in [-0.2, 0) is 10.0 Å². The molecule has 0 radical (unpaired) electrons. The maximum absolute atomic E-state index is 12.4. The fourth-order valence-electron chi connectivity index (χ4n) is 2.76. The number of aryl methyl sites for hydroxylation is 1. The molecule has 1 aromatic rings. The monoisotopic (exact) mass is 294 g/mol. The van der Waals surface area contributed by atoms with Crippen LogP contribution in [0.1, 0.15) is 5.56 Å². The molecular weight excluding hydrogens is 280 g/mol. The van der Waals surface area contributed by atoms with Gasteiger partial charge in [0.1, 0.15) is 0 Å². The Morgan fingerprint density at radius 3 is 2.37 bits per heavy atom. The first-order valence-electron chi connectivity index (χ1n) is 6.18. The second-order valence-electron chi connectivity index (χ2n) is 5.17. The third kappa shape index (κ3) is 2.15. The van der Waals surface area contributed by atoms with Crippen molar-refractivity contribution in [1.29, 1.82) is 0 Å². The molecule has 19 heavy (non-hydrogen) atoms. The highest BCUT2D eigenvalue weighted by Crippen LogP contribution is 2.49. The molecule has 3 rings (SSSR count). The van der Waals surface area contributed by atoms with E-state index in [9.17, 15) is 8.42 Å². The molecule has 100 valence electrons. The number of aliphatic imine (C=N–C) groups is 1. The Morgan fingerprint density at radius 2 is 1.84 bits per heavy atom. The van der Waals surface area contributed by atoms with Crippen molar-refractivity contribution in [2.75, 3.05) is 13.1 Å².